The summed E-state index contributed by atoms with van der Waals surface area (Å²) in [6, 6.07) is 13.9. The molecule has 0 aromatic heterocycles. The lowest BCUT2D eigenvalue weighted by molar-refractivity contribution is 0.597. The molecule has 0 bridgehead atoms. The number of halogens is 2. The van der Waals surface area contributed by atoms with E-state index < -0.39 is 10.0 Å². The monoisotopic (exact) mass is 508 g/mol. The largest absolute Gasteiger partial charge is 0.357 e. The van der Waals surface area contributed by atoms with E-state index in [1.54, 1.807) is 12.1 Å². The fourth-order valence-corrected chi connectivity index (χ4v) is 2.73. The van der Waals surface area contributed by atoms with Crippen molar-refractivity contribution in [1.29, 1.82) is 0 Å². The molecule has 26 heavy (non-hydrogen) atoms. The van der Waals surface area contributed by atoms with Crippen molar-refractivity contribution in [3.05, 3.63) is 64.7 Å². The summed E-state index contributed by atoms with van der Waals surface area (Å²) in [6.07, 6.45) is 0. The summed E-state index contributed by atoms with van der Waals surface area (Å²) in [7, 11) is -3.67. The third-order valence-electron chi connectivity index (χ3n) is 3.39. The van der Waals surface area contributed by atoms with Crippen LogP contribution in [-0.4, -0.2) is 20.9 Å². The predicted octanol–water partition coefficient (Wildman–Crippen LogP) is 2.86. The number of primary sulfonamides is 1. The highest BCUT2D eigenvalue weighted by Crippen LogP contribution is 2.10. The lowest BCUT2D eigenvalue weighted by Crippen LogP contribution is -2.36. The SMILES string of the molecule is CCNC(=NCc1ccc(Cl)cc1)NCc1ccc(S(N)(=O)=O)cc1.I. The topological polar surface area (TPSA) is 96.6 Å². The van der Waals surface area contributed by atoms with Crippen molar-refractivity contribution < 1.29 is 8.42 Å². The Bertz CT molecular complexity index is 825. The summed E-state index contributed by atoms with van der Waals surface area (Å²) in [5.41, 5.74) is 1.98. The fourth-order valence-electron chi connectivity index (χ4n) is 2.08. The first-order chi connectivity index (χ1) is 11.9. The van der Waals surface area contributed by atoms with Gasteiger partial charge in [0.2, 0.25) is 10.0 Å². The first-order valence-corrected chi connectivity index (χ1v) is 9.69. The van der Waals surface area contributed by atoms with Crippen LogP contribution in [-0.2, 0) is 23.1 Å². The Morgan fingerprint density at radius 2 is 1.62 bits per heavy atom. The first kappa shape index (κ1) is 22.7. The average Bonchev–Trinajstić information content (AvgIpc) is 2.58. The summed E-state index contributed by atoms with van der Waals surface area (Å²) in [6.45, 7) is 3.76. The molecule has 4 N–H and O–H groups in total. The number of aliphatic imine (C=N–C) groups is 1. The van der Waals surface area contributed by atoms with Gasteiger partial charge in [0.15, 0.2) is 5.96 Å². The zero-order valence-corrected chi connectivity index (χ0v) is 18.2. The van der Waals surface area contributed by atoms with E-state index in [-0.39, 0.29) is 28.9 Å². The summed E-state index contributed by atoms with van der Waals surface area (Å²) < 4.78 is 22.5. The maximum Gasteiger partial charge on any atom is 0.238 e. The number of guanidine groups is 1. The van der Waals surface area contributed by atoms with E-state index in [0.29, 0.717) is 24.1 Å². The number of hydrogen-bond acceptors (Lipinski definition) is 3. The molecule has 0 saturated carbocycles. The third-order valence-corrected chi connectivity index (χ3v) is 4.57. The van der Waals surface area contributed by atoms with Crippen LogP contribution in [0, 0.1) is 0 Å². The Hall–Kier alpha value is -1.36. The minimum absolute atomic E-state index is 0. The minimum Gasteiger partial charge on any atom is -0.357 e. The average molecular weight is 509 g/mol. The molecule has 0 fully saturated rings. The molecule has 0 aliphatic heterocycles. The molecule has 6 nitrogen and oxygen atoms in total. The molecule has 0 saturated heterocycles. The van der Waals surface area contributed by atoms with Crippen LogP contribution in [0.3, 0.4) is 0 Å². The molecule has 0 aliphatic carbocycles. The Kier molecular flexibility index (Phi) is 9.34. The Balaban J connectivity index is 0.00000338. The summed E-state index contributed by atoms with van der Waals surface area (Å²) in [4.78, 5) is 4.62. The number of nitrogens with zero attached hydrogens (tertiary/aromatic N) is 1. The molecule has 142 valence electrons. The van der Waals surface area contributed by atoms with Crippen molar-refractivity contribution in [2.75, 3.05) is 6.54 Å². The molecule has 2 rings (SSSR count). The second-order valence-corrected chi connectivity index (χ2v) is 7.36. The molecular weight excluding hydrogens is 487 g/mol. The van der Waals surface area contributed by atoms with Crippen LogP contribution in [0.1, 0.15) is 18.1 Å². The van der Waals surface area contributed by atoms with Crippen molar-refractivity contribution in [2.45, 2.75) is 24.9 Å². The Morgan fingerprint density at radius 1 is 1.04 bits per heavy atom. The first-order valence-electron chi connectivity index (χ1n) is 7.77. The van der Waals surface area contributed by atoms with Gasteiger partial charge < -0.3 is 10.6 Å². The van der Waals surface area contributed by atoms with E-state index in [1.807, 2.05) is 31.2 Å². The van der Waals surface area contributed by atoms with Gasteiger partial charge in [-0.3, -0.25) is 0 Å². The van der Waals surface area contributed by atoms with Gasteiger partial charge in [-0.15, -0.1) is 24.0 Å². The summed E-state index contributed by atoms with van der Waals surface area (Å²) >= 11 is 5.87. The van der Waals surface area contributed by atoms with Gasteiger partial charge in [0, 0.05) is 18.1 Å². The minimum atomic E-state index is -3.67. The maximum atomic E-state index is 11.3. The van der Waals surface area contributed by atoms with Crippen molar-refractivity contribution in [1.82, 2.24) is 10.6 Å². The molecule has 2 aromatic rings. The van der Waals surface area contributed by atoms with E-state index in [9.17, 15) is 8.42 Å². The summed E-state index contributed by atoms with van der Waals surface area (Å²) in [5.74, 6) is 0.674. The van der Waals surface area contributed by atoms with E-state index in [4.69, 9.17) is 16.7 Å². The molecule has 0 heterocycles. The molecular formula is C17H22ClIN4O2S. The number of nitrogens with two attached hydrogens (primary N) is 1. The molecule has 0 spiro atoms. The standard InChI is InChI=1S/C17H21ClN4O2S.HI/c1-2-20-17(21-11-13-3-7-15(18)8-4-13)22-12-14-5-9-16(10-6-14)25(19,23)24;/h3-10H,2,11-12H2,1H3,(H2,19,23,24)(H2,20,21,22);1H. The zero-order chi connectivity index (χ0) is 18.3. The second kappa shape index (κ2) is 10.7. The van der Waals surface area contributed by atoms with Crippen molar-refractivity contribution in [2.24, 2.45) is 10.1 Å². The number of benzene rings is 2. The van der Waals surface area contributed by atoms with E-state index in [0.717, 1.165) is 17.7 Å². The lowest BCUT2D eigenvalue weighted by atomic mass is 10.2. The highest BCUT2D eigenvalue weighted by atomic mass is 127. The van der Waals surface area contributed by atoms with Crippen molar-refractivity contribution in [3.63, 3.8) is 0 Å². The van der Waals surface area contributed by atoms with Gasteiger partial charge in [0.25, 0.3) is 0 Å². The van der Waals surface area contributed by atoms with Gasteiger partial charge >= 0.3 is 0 Å². The van der Waals surface area contributed by atoms with Crippen LogP contribution in [0.25, 0.3) is 0 Å². The molecule has 0 unspecified atom stereocenters. The van der Waals surface area contributed by atoms with Gasteiger partial charge in [-0.1, -0.05) is 35.9 Å². The van der Waals surface area contributed by atoms with Gasteiger partial charge in [-0.25, -0.2) is 18.5 Å². The Morgan fingerprint density at radius 3 is 2.15 bits per heavy atom. The summed E-state index contributed by atoms with van der Waals surface area (Å²) in [5, 5.41) is 12.2. The second-order valence-electron chi connectivity index (χ2n) is 5.36. The molecule has 2 aromatic carbocycles. The van der Waals surface area contributed by atoms with Gasteiger partial charge in [0.05, 0.1) is 11.4 Å². The number of rotatable bonds is 6. The smallest absolute Gasteiger partial charge is 0.238 e. The number of sulfonamides is 1. The van der Waals surface area contributed by atoms with Crippen molar-refractivity contribution in [3.8, 4) is 0 Å². The van der Waals surface area contributed by atoms with Gasteiger partial charge in [-0.05, 0) is 42.3 Å². The molecule has 9 heteroatoms. The van der Waals surface area contributed by atoms with Gasteiger partial charge in [-0.2, -0.15) is 0 Å². The normalized spacial score (nSPS) is 11.6. The van der Waals surface area contributed by atoms with Gasteiger partial charge in [0.1, 0.15) is 0 Å². The van der Waals surface area contributed by atoms with E-state index in [1.165, 1.54) is 12.1 Å². The molecule has 0 aliphatic rings. The van der Waals surface area contributed by atoms with E-state index >= 15 is 0 Å². The number of nitrogens with one attached hydrogen (secondary N) is 2. The molecule has 0 radical (unpaired) electrons. The highest BCUT2D eigenvalue weighted by Gasteiger charge is 2.06. The fraction of sp³-hybridized carbons (Fsp3) is 0.235. The molecule has 0 atom stereocenters. The predicted molar refractivity (Wildman–Crippen MR) is 116 cm³/mol. The van der Waals surface area contributed by atoms with Crippen LogP contribution in [0.5, 0.6) is 0 Å². The maximum absolute atomic E-state index is 11.3. The van der Waals surface area contributed by atoms with Crippen molar-refractivity contribution >= 4 is 51.6 Å². The quantitative estimate of drug-likeness (QED) is 0.318. The van der Waals surface area contributed by atoms with Crippen LogP contribution in [0.4, 0.5) is 0 Å². The molecule has 0 amide bonds. The third kappa shape index (κ3) is 7.48. The number of hydrogen-bond donors (Lipinski definition) is 3. The van der Waals surface area contributed by atoms with Crippen LogP contribution in [0.2, 0.25) is 5.02 Å². The van der Waals surface area contributed by atoms with Crippen LogP contribution < -0.4 is 15.8 Å². The van der Waals surface area contributed by atoms with E-state index in [2.05, 4.69) is 15.6 Å². The highest BCUT2D eigenvalue weighted by molar-refractivity contribution is 14.0. The lowest BCUT2D eigenvalue weighted by Gasteiger charge is -2.11. The van der Waals surface area contributed by atoms with Crippen LogP contribution >= 0.6 is 35.6 Å². The zero-order valence-electron chi connectivity index (χ0n) is 14.3. The Labute approximate surface area is 176 Å². The van der Waals surface area contributed by atoms with Crippen LogP contribution in [0.15, 0.2) is 58.4 Å².